The van der Waals surface area contributed by atoms with Gasteiger partial charge in [0, 0.05) is 26.1 Å². The van der Waals surface area contributed by atoms with Gasteiger partial charge in [-0.1, -0.05) is 89.8 Å². The summed E-state index contributed by atoms with van der Waals surface area (Å²) in [5.74, 6) is 0. The summed E-state index contributed by atoms with van der Waals surface area (Å²) in [5.41, 5.74) is 6.82. The summed E-state index contributed by atoms with van der Waals surface area (Å²) >= 11 is 0. The standard InChI is InChI=1S/C27H33N2P/c1-21(22(2)26(30)28-3)15-18-29(4)20-27(16-8-9-17-27)25-14-10-13-24(19-25)23-11-6-5-7-12-23/h5-7,10-15,18-19H,1-2,8-9,16-17,20,30H2,3-4H3/b18-15-,28-26?. The van der Waals surface area contributed by atoms with Crippen molar-refractivity contribution in [3.8, 4) is 11.1 Å². The first-order chi connectivity index (χ1) is 14.4. The number of rotatable bonds is 8. The number of hydrogen-bond acceptors (Lipinski definition) is 2. The van der Waals surface area contributed by atoms with E-state index in [1.165, 1.54) is 42.4 Å². The quantitative estimate of drug-likeness (QED) is 0.268. The molecule has 0 bridgehead atoms. The molecule has 0 amide bonds. The minimum atomic E-state index is 0.193. The molecule has 0 saturated heterocycles. The van der Waals surface area contributed by atoms with E-state index in [9.17, 15) is 0 Å². The monoisotopic (exact) mass is 416 g/mol. The Hall–Kier alpha value is -2.44. The van der Waals surface area contributed by atoms with Crippen LogP contribution >= 0.6 is 9.24 Å². The van der Waals surface area contributed by atoms with E-state index in [0.29, 0.717) is 0 Å². The van der Waals surface area contributed by atoms with Crippen molar-refractivity contribution >= 4 is 14.7 Å². The maximum Gasteiger partial charge on any atom is 0.0582 e. The predicted octanol–water partition coefficient (Wildman–Crippen LogP) is 6.63. The van der Waals surface area contributed by atoms with E-state index < -0.39 is 0 Å². The zero-order valence-corrected chi connectivity index (χ0v) is 19.4. The third-order valence-corrected chi connectivity index (χ3v) is 6.77. The topological polar surface area (TPSA) is 15.6 Å². The smallest absolute Gasteiger partial charge is 0.0582 e. The fourth-order valence-electron chi connectivity index (χ4n) is 4.40. The highest BCUT2D eigenvalue weighted by atomic mass is 31.0. The van der Waals surface area contributed by atoms with Crippen LogP contribution in [0.2, 0.25) is 0 Å². The molecule has 1 saturated carbocycles. The highest BCUT2D eigenvalue weighted by molar-refractivity contribution is 7.42. The van der Waals surface area contributed by atoms with E-state index in [2.05, 4.69) is 100 Å². The maximum atomic E-state index is 4.18. The van der Waals surface area contributed by atoms with E-state index in [1.54, 1.807) is 7.05 Å². The minimum Gasteiger partial charge on any atom is -0.380 e. The van der Waals surface area contributed by atoms with Crippen LogP contribution in [-0.4, -0.2) is 31.0 Å². The molecule has 156 valence electrons. The summed E-state index contributed by atoms with van der Waals surface area (Å²) in [4.78, 5) is 6.47. The minimum absolute atomic E-state index is 0.193. The zero-order chi connectivity index (χ0) is 21.6. The normalized spacial score (nSPS) is 16.0. The number of hydrogen-bond donors (Lipinski definition) is 0. The second-order valence-electron chi connectivity index (χ2n) is 8.28. The average molecular weight is 417 g/mol. The molecule has 30 heavy (non-hydrogen) atoms. The predicted molar refractivity (Wildman–Crippen MR) is 135 cm³/mol. The Bertz CT molecular complexity index is 950. The fraction of sp³-hybridized carbons (Fsp3) is 0.296. The molecule has 1 unspecified atom stereocenters. The Morgan fingerprint density at radius 2 is 1.73 bits per heavy atom. The Morgan fingerprint density at radius 3 is 2.40 bits per heavy atom. The van der Waals surface area contributed by atoms with Crippen LogP contribution in [0.25, 0.3) is 11.1 Å². The lowest BCUT2D eigenvalue weighted by atomic mass is 9.77. The average Bonchev–Trinajstić information content (AvgIpc) is 3.26. The van der Waals surface area contributed by atoms with E-state index in [0.717, 1.165) is 23.1 Å². The lowest BCUT2D eigenvalue weighted by Crippen LogP contribution is -2.34. The number of likely N-dealkylation sites (N-methyl/N-ethyl adjacent to an activating group) is 1. The van der Waals surface area contributed by atoms with Crippen molar-refractivity contribution in [2.45, 2.75) is 31.1 Å². The highest BCUT2D eigenvalue weighted by Gasteiger charge is 2.36. The summed E-state index contributed by atoms with van der Waals surface area (Å²) in [6, 6.07) is 19.8. The molecule has 3 rings (SSSR count). The highest BCUT2D eigenvalue weighted by Crippen LogP contribution is 2.42. The molecular formula is C27H33N2P. The molecule has 1 fully saturated rings. The van der Waals surface area contributed by atoms with Crippen LogP contribution in [-0.2, 0) is 5.41 Å². The van der Waals surface area contributed by atoms with E-state index in [-0.39, 0.29) is 5.41 Å². The molecule has 2 aromatic rings. The van der Waals surface area contributed by atoms with Gasteiger partial charge < -0.3 is 4.90 Å². The first-order valence-electron chi connectivity index (χ1n) is 10.6. The SMILES string of the molecule is C=C(/C=C\N(C)CC1(c2cccc(-c3ccccc3)c2)CCCC1)C(=C)C(P)=NC. The Labute approximate surface area is 184 Å². The van der Waals surface area contributed by atoms with Gasteiger partial charge >= 0.3 is 0 Å². The third kappa shape index (κ3) is 5.18. The molecule has 1 atom stereocenters. The van der Waals surface area contributed by atoms with Crippen molar-refractivity contribution in [2.24, 2.45) is 4.99 Å². The molecule has 0 spiro atoms. The summed E-state index contributed by atoms with van der Waals surface area (Å²) in [6.45, 7) is 9.22. The second kappa shape index (κ2) is 10.0. The van der Waals surface area contributed by atoms with Crippen LogP contribution in [0.4, 0.5) is 0 Å². The molecule has 1 aliphatic rings. The van der Waals surface area contributed by atoms with Crippen LogP contribution in [0, 0.1) is 0 Å². The number of nitrogens with zero attached hydrogens (tertiary/aromatic N) is 2. The Kier molecular flexibility index (Phi) is 7.45. The fourth-order valence-corrected chi connectivity index (χ4v) is 4.58. The van der Waals surface area contributed by atoms with Crippen LogP contribution in [0.15, 0.2) is 96.2 Å². The summed E-state index contributed by atoms with van der Waals surface area (Å²) in [7, 11) is 6.54. The molecule has 0 heterocycles. The molecule has 0 N–H and O–H groups in total. The van der Waals surface area contributed by atoms with Gasteiger partial charge in [-0.3, -0.25) is 4.99 Å². The molecule has 2 aromatic carbocycles. The van der Waals surface area contributed by atoms with E-state index in [4.69, 9.17) is 0 Å². The van der Waals surface area contributed by atoms with Gasteiger partial charge in [-0.05, 0) is 53.0 Å². The molecule has 3 heteroatoms. The first kappa shape index (κ1) is 22.2. The van der Waals surface area contributed by atoms with Crippen molar-refractivity contribution in [1.82, 2.24) is 4.90 Å². The summed E-state index contributed by atoms with van der Waals surface area (Å²) in [6.07, 6.45) is 9.22. The summed E-state index contributed by atoms with van der Waals surface area (Å²) in [5, 5.41) is 0. The molecule has 0 aromatic heterocycles. The van der Waals surface area contributed by atoms with Gasteiger partial charge in [0.2, 0.25) is 0 Å². The molecule has 0 aliphatic heterocycles. The lowest BCUT2D eigenvalue weighted by Gasteiger charge is -2.34. The molecular weight excluding hydrogens is 383 g/mol. The largest absolute Gasteiger partial charge is 0.380 e. The van der Waals surface area contributed by atoms with Gasteiger partial charge in [0.15, 0.2) is 0 Å². The van der Waals surface area contributed by atoms with Gasteiger partial charge in [0.25, 0.3) is 0 Å². The van der Waals surface area contributed by atoms with E-state index >= 15 is 0 Å². The second-order valence-corrected chi connectivity index (χ2v) is 8.82. The van der Waals surface area contributed by atoms with Crippen molar-refractivity contribution in [3.05, 3.63) is 96.7 Å². The van der Waals surface area contributed by atoms with Crippen molar-refractivity contribution < 1.29 is 0 Å². The van der Waals surface area contributed by atoms with Crippen LogP contribution in [0.3, 0.4) is 0 Å². The Morgan fingerprint density at radius 1 is 1.07 bits per heavy atom. The molecule has 2 nitrogen and oxygen atoms in total. The van der Waals surface area contributed by atoms with Gasteiger partial charge in [-0.2, -0.15) is 0 Å². The number of allylic oxidation sites excluding steroid dienone is 3. The Balaban J connectivity index is 1.79. The van der Waals surface area contributed by atoms with Gasteiger partial charge in [0.05, 0.1) is 5.45 Å². The van der Waals surface area contributed by atoms with Gasteiger partial charge in [-0.15, -0.1) is 0 Å². The van der Waals surface area contributed by atoms with Crippen LogP contribution in [0.1, 0.15) is 31.2 Å². The summed E-state index contributed by atoms with van der Waals surface area (Å²) < 4.78 is 0. The zero-order valence-electron chi connectivity index (χ0n) is 18.3. The van der Waals surface area contributed by atoms with Crippen molar-refractivity contribution in [2.75, 3.05) is 20.6 Å². The number of benzene rings is 2. The number of aliphatic imine (C=N–C) groups is 1. The molecule has 1 aliphatic carbocycles. The van der Waals surface area contributed by atoms with Gasteiger partial charge in [-0.25, -0.2) is 0 Å². The molecule has 0 radical (unpaired) electrons. The van der Waals surface area contributed by atoms with E-state index in [1.807, 2.05) is 6.08 Å². The lowest BCUT2D eigenvalue weighted by molar-refractivity contribution is 0.307. The van der Waals surface area contributed by atoms with Crippen molar-refractivity contribution in [1.29, 1.82) is 0 Å². The van der Waals surface area contributed by atoms with Gasteiger partial charge in [0.1, 0.15) is 0 Å². The third-order valence-electron chi connectivity index (χ3n) is 6.16. The van der Waals surface area contributed by atoms with Crippen LogP contribution < -0.4 is 0 Å². The maximum absolute atomic E-state index is 4.18. The van der Waals surface area contributed by atoms with Crippen molar-refractivity contribution in [3.63, 3.8) is 0 Å². The first-order valence-corrected chi connectivity index (χ1v) is 11.2. The van der Waals surface area contributed by atoms with Crippen LogP contribution in [0.5, 0.6) is 0 Å².